The molecule has 1 unspecified atom stereocenters. The second-order valence-electron chi connectivity index (χ2n) is 9.24. The van der Waals surface area contributed by atoms with Gasteiger partial charge in [-0.3, -0.25) is 0 Å². The van der Waals surface area contributed by atoms with Crippen LogP contribution in [0.15, 0.2) is 60.7 Å². The van der Waals surface area contributed by atoms with E-state index < -0.39 is 0 Å². The Morgan fingerprint density at radius 1 is 1.03 bits per heavy atom. The smallest absolute Gasteiger partial charge is 0.229 e. The summed E-state index contributed by atoms with van der Waals surface area (Å²) in [5.41, 5.74) is 5.20. The highest BCUT2D eigenvalue weighted by Crippen LogP contribution is 2.49. The van der Waals surface area contributed by atoms with Crippen LogP contribution in [0, 0.1) is 18.7 Å². The second-order valence-corrected chi connectivity index (χ2v) is 9.24. The minimum absolute atomic E-state index is 0.260. The molecule has 0 saturated heterocycles. The van der Waals surface area contributed by atoms with E-state index in [2.05, 4.69) is 40.5 Å². The molecule has 172 valence electrons. The molecule has 0 radical (unpaired) electrons. The van der Waals surface area contributed by atoms with E-state index >= 15 is 0 Å². The maximum Gasteiger partial charge on any atom is 0.229 e. The number of rotatable bonds is 5. The fourth-order valence-electron chi connectivity index (χ4n) is 5.19. The largest absolute Gasteiger partial charge is 0.494 e. The lowest BCUT2D eigenvalue weighted by atomic mass is 9.89. The number of halogens is 1. The molecule has 6 rings (SSSR count). The van der Waals surface area contributed by atoms with E-state index in [0.717, 1.165) is 40.9 Å². The molecule has 3 aromatic carbocycles. The van der Waals surface area contributed by atoms with Gasteiger partial charge in [0.1, 0.15) is 22.9 Å². The molecule has 6 heteroatoms. The van der Waals surface area contributed by atoms with Gasteiger partial charge in [0.25, 0.3) is 0 Å². The summed E-state index contributed by atoms with van der Waals surface area (Å²) in [6.45, 7) is 2.77. The zero-order valence-corrected chi connectivity index (χ0v) is 19.4. The Morgan fingerprint density at radius 2 is 1.88 bits per heavy atom. The van der Waals surface area contributed by atoms with Crippen LogP contribution in [-0.2, 0) is 6.42 Å². The summed E-state index contributed by atoms with van der Waals surface area (Å²) in [5, 5.41) is 4.31. The minimum atomic E-state index is -0.260. The molecule has 1 saturated carbocycles. The highest BCUT2D eigenvalue weighted by atomic mass is 19.1. The van der Waals surface area contributed by atoms with Crippen LogP contribution in [0.4, 0.5) is 21.8 Å². The van der Waals surface area contributed by atoms with Crippen molar-refractivity contribution in [2.75, 3.05) is 23.9 Å². The van der Waals surface area contributed by atoms with Gasteiger partial charge in [0, 0.05) is 17.6 Å². The van der Waals surface area contributed by atoms with E-state index in [0.29, 0.717) is 23.7 Å². The first kappa shape index (κ1) is 20.9. The third-order valence-corrected chi connectivity index (χ3v) is 7.00. The van der Waals surface area contributed by atoms with E-state index in [-0.39, 0.29) is 5.82 Å². The van der Waals surface area contributed by atoms with Gasteiger partial charge in [0.2, 0.25) is 5.95 Å². The quantitative estimate of drug-likeness (QED) is 0.381. The van der Waals surface area contributed by atoms with Crippen LogP contribution in [0.3, 0.4) is 0 Å². The number of para-hydroxylation sites is 1. The van der Waals surface area contributed by atoms with E-state index in [4.69, 9.17) is 14.7 Å². The first-order chi connectivity index (χ1) is 16.6. The van der Waals surface area contributed by atoms with Crippen LogP contribution < -0.4 is 15.0 Å². The van der Waals surface area contributed by atoms with Crippen molar-refractivity contribution in [3.05, 3.63) is 83.2 Å². The van der Waals surface area contributed by atoms with Crippen molar-refractivity contribution in [3.8, 4) is 5.75 Å². The molecule has 2 heterocycles. The monoisotopic (exact) mass is 454 g/mol. The van der Waals surface area contributed by atoms with Crippen molar-refractivity contribution in [2.24, 2.45) is 5.92 Å². The molecule has 1 aromatic heterocycles. The minimum Gasteiger partial charge on any atom is -0.494 e. The number of nitrogens with one attached hydrogen (secondary N) is 1. The molecule has 1 fully saturated rings. The fraction of sp³-hybridized carbons (Fsp3) is 0.286. The predicted molar refractivity (Wildman–Crippen MR) is 133 cm³/mol. The van der Waals surface area contributed by atoms with E-state index in [9.17, 15) is 4.39 Å². The SMILES string of the molecule is COc1cccc2c(N3CCc4ccccc4C3C3CC3)nc(Nc3ccc(F)cc3C)nc12. The van der Waals surface area contributed by atoms with Crippen molar-refractivity contribution in [1.82, 2.24) is 9.97 Å². The molecule has 1 aliphatic carbocycles. The Hall–Kier alpha value is -3.67. The number of fused-ring (bicyclic) bond motifs is 2. The van der Waals surface area contributed by atoms with E-state index in [1.807, 2.05) is 19.1 Å². The third kappa shape index (κ3) is 3.63. The number of anilines is 3. The average molecular weight is 455 g/mol. The van der Waals surface area contributed by atoms with Crippen LogP contribution in [0.5, 0.6) is 5.75 Å². The highest BCUT2D eigenvalue weighted by Gasteiger charge is 2.40. The molecule has 5 nitrogen and oxygen atoms in total. The van der Waals surface area contributed by atoms with Gasteiger partial charge >= 0.3 is 0 Å². The number of benzene rings is 3. The lowest BCUT2D eigenvalue weighted by molar-refractivity contribution is 0.419. The summed E-state index contributed by atoms with van der Waals surface area (Å²) in [5.74, 6) is 2.48. The van der Waals surface area contributed by atoms with Gasteiger partial charge in [-0.05, 0) is 79.1 Å². The van der Waals surface area contributed by atoms with Crippen LogP contribution in [0.1, 0.15) is 35.6 Å². The van der Waals surface area contributed by atoms with E-state index in [1.165, 1.54) is 36.1 Å². The first-order valence-electron chi connectivity index (χ1n) is 11.8. The number of ether oxygens (including phenoxy) is 1. The Morgan fingerprint density at radius 3 is 2.68 bits per heavy atom. The molecule has 0 bridgehead atoms. The summed E-state index contributed by atoms with van der Waals surface area (Å²) in [6, 6.07) is 19.8. The van der Waals surface area contributed by atoms with Gasteiger partial charge < -0.3 is 15.0 Å². The van der Waals surface area contributed by atoms with Crippen LogP contribution in [0.25, 0.3) is 10.9 Å². The van der Waals surface area contributed by atoms with Crippen molar-refractivity contribution in [2.45, 2.75) is 32.2 Å². The summed E-state index contributed by atoms with van der Waals surface area (Å²) < 4.78 is 19.3. The standard InChI is InChI=1S/C28H27FN4O/c1-17-16-20(29)12-13-23(17)30-28-31-25-22(8-5-9-24(25)34-2)27(32-28)33-15-14-18-6-3-4-7-21(18)26(33)19-10-11-19/h3-9,12-13,16,19,26H,10-11,14-15H2,1-2H3,(H,30,31,32). The van der Waals surface area contributed by atoms with Crippen LogP contribution in [-0.4, -0.2) is 23.6 Å². The topological polar surface area (TPSA) is 50.3 Å². The highest BCUT2D eigenvalue weighted by molar-refractivity contribution is 5.95. The normalized spacial score (nSPS) is 17.5. The molecule has 2 aliphatic rings. The lowest BCUT2D eigenvalue weighted by Crippen LogP contribution is -2.37. The Kier molecular flexibility index (Phi) is 5.09. The molecule has 4 aromatic rings. The molecular formula is C28H27FN4O. The average Bonchev–Trinajstić information content (AvgIpc) is 3.69. The summed E-state index contributed by atoms with van der Waals surface area (Å²) in [4.78, 5) is 12.3. The number of hydrogen-bond donors (Lipinski definition) is 1. The fourth-order valence-corrected chi connectivity index (χ4v) is 5.19. The van der Waals surface area contributed by atoms with Crippen LogP contribution >= 0.6 is 0 Å². The number of nitrogens with zero attached hydrogens (tertiary/aromatic N) is 3. The van der Waals surface area contributed by atoms with E-state index in [1.54, 1.807) is 13.2 Å². The number of hydrogen-bond acceptors (Lipinski definition) is 5. The van der Waals surface area contributed by atoms with Crippen molar-refractivity contribution in [1.29, 1.82) is 0 Å². The van der Waals surface area contributed by atoms with Crippen molar-refractivity contribution < 1.29 is 9.13 Å². The maximum atomic E-state index is 13.7. The summed E-state index contributed by atoms with van der Waals surface area (Å²) in [7, 11) is 1.66. The van der Waals surface area contributed by atoms with Gasteiger partial charge in [0.15, 0.2) is 0 Å². The maximum absolute atomic E-state index is 13.7. The second kappa shape index (κ2) is 8.28. The number of aromatic nitrogens is 2. The van der Waals surface area contributed by atoms with Gasteiger partial charge in [-0.2, -0.15) is 4.98 Å². The molecule has 0 spiro atoms. The third-order valence-electron chi connectivity index (χ3n) is 7.00. The van der Waals surface area contributed by atoms with Gasteiger partial charge in [-0.1, -0.05) is 30.3 Å². The van der Waals surface area contributed by atoms with Gasteiger partial charge in [-0.15, -0.1) is 0 Å². The molecule has 34 heavy (non-hydrogen) atoms. The number of methoxy groups -OCH3 is 1. The zero-order chi connectivity index (χ0) is 23.2. The lowest BCUT2D eigenvalue weighted by Gasteiger charge is -2.39. The Bertz CT molecular complexity index is 1380. The summed E-state index contributed by atoms with van der Waals surface area (Å²) in [6.07, 6.45) is 3.46. The van der Waals surface area contributed by atoms with Crippen molar-refractivity contribution in [3.63, 3.8) is 0 Å². The zero-order valence-electron chi connectivity index (χ0n) is 19.4. The molecular weight excluding hydrogens is 427 g/mol. The molecule has 1 aliphatic heterocycles. The molecule has 1 atom stereocenters. The Labute approximate surface area is 198 Å². The van der Waals surface area contributed by atoms with Crippen molar-refractivity contribution >= 4 is 28.4 Å². The predicted octanol–water partition coefficient (Wildman–Crippen LogP) is 6.34. The Balaban J connectivity index is 1.51. The molecule has 1 N–H and O–H groups in total. The van der Waals surface area contributed by atoms with Crippen LogP contribution in [0.2, 0.25) is 0 Å². The first-order valence-corrected chi connectivity index (χ1v) is 11.8. The van der Waals surface area contributed by atoms with Gasteiger partial charge in [0.05, 0.1) is 13.2 Å². The number of aryl methyl sites for hydroxylation is 1. The van der Waals surface area contributed by atoms with Gasteiger partial charge in [-0.25, -0.2) is 9.37 Å². The molecule has 0 amide bonds. The summed E-state index contributed by atoms with van der Waals surface area (Å²) >= 11 is 0.